The number of nitrogens with zero attached hydrogens (tertiary/aromatic N) is 4. The summed E-state index contributed by atoms with van der Waals surface area (Å²) in [6, 6.07) is 9.43. The van der Waals surface area contributed by atoms with Crippen LogP contribution in [-0.4, -0.2) is 34.0 Å². The number of aromatic nitrogens is 4. The molecule has 0 spiro atoms. The first-order chi connectivity index (χ1) is 12.0. The standard InChI is InChI=1S/C18H21N5O2/c1-11-9-17(20-15-7-6-14(24-4)10-16(15)25-5)21-18(19-11)23-13(3)8-12(2)22-23/h6-10H,1-5H3,(H,19,20,21). The van der Waals surface area contributed by atoms with E-state index >= 15 is 0 Å². The number of benzene rings is 1. The van der Waals surface area contributed by atoms with Gasteiger partial charge in [0.15, 0.2) is 0 Å². The highest BCUT2D eigenvalue weighted by molar-refractivity contribution is 5.66. The van der Waals surface area contributed by atoms with Gasteiger partial charge in [-0.1, -0.05) is 0 Å². The Morgan fingerprint density at radius 3 is 2.36 bits per heavy atom. The molecule has 0 aliphatic rings. The van der Waals surface area contributed by atoms with E-state index in [0.717, 1.165) is 28.5 Å². The van der Waals surface area contributed by atoms with Gasteiger partial charge >= 0.3 is 0 Å². The van der Waals surface area contributed by atoms with Gasteiger partial charge in [0.1, 0.15) is 17.3 Å². The summed E-state index contributed by atoms with van der Waals surface area (Å²) in [5.74, 6) is 2.59. The van der Waals surface area contributed by atoms with Crippen LogP contribution in [-0.2, 0) is 0 Å². The first-order valence-electron chi connectivity index (χ1n) is 7.88. The Labute approximate surface area is 146 Å². The Balaban J connectivity index is 1.97. The Morgan fingerprint density at radius 1 is 0.920 bits per heavy atom. The molecular weight excluding hydrogens is 318 g/mol. The van der Waals surface area contributed by atoms with E-state index in [-0.39, 0.29) is 0 Å². The summed E-state index contributed by atoms with van der Waals surface area (Å²) in [6.45, 7) is 5.85. The largest absolute Gasteiger partial charge is 0.497 e. The second kappa shape index (κ2) is 6.80. The molecule has 0 saturated carbocycles. The van der Waals surface area contributed by atoms with Crippen molar-refractivity contribution >= 4 is 11.5 Å². The summed E-state index contributed by atoms with van der Waals surface area (Å²) >= 11 is 0. The molecule has 0 saturated heterocycles. The summed E-state index contributed by atoms with van der Waals surface area (Å²) in [6.07, 6.45) is 0. The van der Waals surface area contributed by atoms with Crippen LogP contribution in [0.3, 0.4) is 0 Å². The summed E-state index contributed by atoms with van der Waals surface area (Å²) in [7, 11) is 3.24. The molecule has 0 aliphatic carbocycles. The van der Waals surface area contributed by atoms with Crippen molar-refractivity contribution in [1.82, 2.24) is 19.7 Å². The lowest BCUT2D eigenvalue weighted by Gasteiger charge is -2.13. The highest BCUT2D eigenvalue weighted by Gasteiger charge is 2.11. The zero-order chi connectivity index (χ0) is 18.0. The summed E-state index contributed by atoms with van der Waals surface area (Å²) in [4.78, 5) is 9.07. The second-order valence-corrected chi connectivity index (χ2v) is 5.72. The van der Waals surface area contributed by atoms with E-state index in [2.05, 4.69) is 20.4 Å². The molecule has 2 aromatic heterocycles. The quantitative estimate of drug-likeness (QED) is 0.768. The summed E-state index contributed by atoms with van der Waals surface area (Å²) in [5, 5.41) is 7.73. The molecule has 0 unspecified atom stereocenters. The molecule has 0 radical (unpaired) electrons. The van der Waals surface area contributed by atoms with Crippen molar-refractivity contribution in [2.45, 2.75) is 20.8 Å². The maximum atomic E-state index is 5.42. The van der Waals surface area contributed by atoms with E-state index in [1.165, 1.54) is 0 Å². The number of hydrogen-bond donors (Lipinski definition) is 1. The van der Waals surface area contributed by atoms with Crippen molar-refractivity contribution in [3.8, 4) is 17.4 Å². The highest BCUT2D eigenvalue weighted by Crippen LogP contribution is 2.31. The topological polar surface area (TPSA) is 74.1 Å². The molecule has 0 bridgehead atoms. The minimum absolute atomic E-state index is 0.528. The zero-order valence-corrected chi connectivity index (χ0v) is 15.0. The third-order valence-electron chi connectivity index (χ3n) is 3.71. The predicted octanol–water partition coefficient (Wildman–Crippen LogP) is 3.35. The van der Waals surface area contributed by atoms with E-state index in [4.69, 9.17) is 9.47 Å². The third kappa shape index (κ3) is 3.55. The van der Waals surface area contributed by atoms with Crippen molar-refractivity contribution in [3.05, 3.63) is 47.4 Å². The van der Waals surface area contributed by atoms with Gasteiger partial charge in [0, 0.05) is 23.5 Å². The Kier molecular flexibility index (Phi) is 4.56. The van der Waals surface area contributed by atoms with Crippen molar-refractivity contribution in [3.63, 3.8) is 0 Å². The van der Waals surface area contributed by atoms with Gasteiger partial charge in [0.05, 0.1) is 25.6 Å². The van der Waals surface area contributed by atoms with E-state index in [9.17, 15) is 0 Å². The fourth-order valence-electron chi connectivity index (χ4n) is 2.58. The molecule has 0 aliphatic heterocycles. The van der Waals surface area contributed by atoms with E-state index in [1.54, 1.807) is 18.9 Å². The van der Waals surface area contributed by atoms with Gasteiger partial charge in [-0.2, -0.15) is 10.1 Å². The van der Waals surface area contributed by atoms with E-state index in [0.29, 0.717) is 17.5 Å². The van der Waals surface area contributed by atoms with Crippen molar-refractivity contribution in [2.75, 3.05) is 19.5 Å². The lowest BCUT2D eigenvalue weighted by Crippen LogP contribution is -2.08. The summed E-state index contributed by atoms with van der Waals surface area (Å²) in [5.41, 5.74) is 3.54. The number of methoxy groups -OCH3 is 2. The van der Waals surface area contributed by atoms with Crippen molar-refractivity contribution in [1.29, 1.82) is 0 Å². The van der Waals surface area contributed by atoms with E-state index in [1.807, 2.05) is 51.1 Å². The van der Waals surface area contributed by atoms with Crippen LogP contribution >= 0.6 is 0 Å². The number of anilines is 2. The van der Waals surface area contributed by atoms with Crippen molar-refractivity contribution in [2.24, 2.45) is 0 Å². The molecular formula is C18H21N5O2. The van der Waals surface area contributed by atoms with Crippen LogP contribution in [0.1, 0.15) is 17.1 Å². The smallest absolute Gasteiger partial charge is 0.252 e. The third-order valence-corrected chi connectivity index (χ3v) is 3.71. The van der Waals surface area contributed by atoms with Gasteiger partial charge in [-0.05, 0) is 39.0 Å². The normalized spacial score (nSPS) is 10.6. The molecule has 2 heterocycles. The van der Waals surface area contributed by atoms with Crippen LogP contribution in [0.4, 0.5) is 11.5 Å². The fourth-order valence-corrected chi connectivity index (χ4v) is 2.58. The van der Waals surface area contributed by atoms with Crippen LogP contribution in [0.25, 0.3) is 5.95 Å². The number of hydrogen-bond acceptors (Lipinski definition) is 6. The van der Waals surface area contributed by atoms with Crippen LogP contribution in [0.2, 0.25) is 0 Å². The first-order valence-corrected chi connectivity index (χ1v) is 7.88. The second-order valence-electron chi connectivity index (χ2n) is 5.72. The first kappa shape index (κ1) is 16.8. The molecule has 3 aromatic rings. The predicted molar refractivity (Wildman–Crippen MR) is 96.2 cm³/mol. The average molecular weight is 339 g/mol. The van der Waals surface area contributed by atoms with Crippen molar-refractivity contribution < 1.29 is 9.47 Å². The van der Waals surface area contributed by atoms with Crippen LogP contribution in [0, 0.1) is 20.8 Å². The van der Waals surface area contributed by atoms with Gasteiger partial charge in [-0.3, -0.25) is 0 Å². The lowest BCUT2D eigenvalue weighted by atomic mass is 10.2. The van der Waals surface area contributed by atoms with Crippen LogP contribution in [0.5, 0.6) is 11.5 Å². The van der Waals surface area contributed by atoms with Gasteiger partial charge in [-0.25, -0.2) is 9.67 Å². The van der Waals surface area contributed by atoms with Gasteiger partial charge in [-0.15, -0.1) is 0 Å². The molecule has 25 heavy (non-hydrogen) atoms. The molecule has 7 nitrogen and oxygen atoms in total. The van der Waals surface area contributed by atoms with Gasteiger partial charge in [0.25, 0.3) is 5.95 Å². The molecule has 7 heteroatoms. The number of nitrogens with one attached hydrogen (secondary N) is 1. The monoisotopic (exact) mass is 339 g/mol. The van der Waals surface area contributed by atoms with E-state index < -0.39 is 0 Å². The molecule has 1 aromatic carbocycles. The SMILES string of the molecule is COc1ccc(Nc2cc(C)nc(-n3nc(C)cc3C)n2)c(OC)c1. The molecule has 3 rings (SSSR count). The average Bonchev–Trinajstić information content (AvgIpc) is 2.93. The number of rotatable bonds is 5. The molecule has 130 valence electrons. The maximum Gasteiger partial charge on any atom is 0.252 e. The Morgan fingerprint density at radius 2 is 1.72 bits per heavy atom. The zero-order valence-electron chi connectivity index (χ0n) is 15.0. The van der Waals surface area contributed by atoms with Gasteiger partial charge < -0.3 is 14.8 Å². The Hall–Kier alpha value is -3.09. The number of ether oxygens (including phenoxy) is 2. The molecule has 0 amide bonds. The van der Waals surface area contributed by atoms with Crippen LogP contribution in [0.15, 0.2) is 30.3 Å². The van der Waals surface area contributed by atoms with Gasteiger partial charge in [0.2, 0.25) is 0 Å². The molecule has 0 fully saturated rings. The highest BCUT2D eigenvalue weighted by atomic mass is 16.5. The maximum absolute atomic E-state index is 5.42. The lowest BCUT2D eigenvalue weighted by molar-refractivity contribution is 0.395. The molecule has 1 N–H and O–H groups in total. The Bertz CT molecular complexity index is 904. The fraction of sp³-hybridized carbons (Fsp3) is 0.278. The van der Waals surface area contributed by atoms with Crippen LogP contribution < -0.4 is 14.8 Å². The summed E-state index contributed by atoms with van der Waals surface area (Å²) < 4.78 is 12.4. The molecule has 0 atom stereocenters. The minimum atomic E-state index is 0.528. The minimum Gasteiger partial charge on any atom is -0.497 e. The number of aryl methyl sites for hydroxylation is 3.